The first kappa shape index (κ1) is 15.1. The summed E-state index contributed by atoms with van der Waals surface area (Å²) in [5.41, 5.74) is 3.30. The molecule has 2 aromatic rings. The van der Waals surface area contributed by atoms with Crippen LogP contribution in [0.3, 0.4) is 0 Å². The first-order valence-corrected chi connectivity index (χ1v) is 6.94. The highest BCUT2D eigenvalue weighted by atomic mass is 16.4. The van der Waals surface area contributed by atoms with Crippen LogP contribution in [-0.2, 0) is 10.2 Å². The van der Waals surface area contributed by atoms with Gasteiger partial charge in [0, 0.05) is 25.3 Å². The zero-order valence-electron chi connectivity index (χ0n) is 12.9. The molecule has 21 heavy (non-hydrogen) atoms. The highest BCUT2D eigenvalue weighted by Gasteiger charge is 2.29. The summed E-state index contributed by atoms with van der Waals surface area (Å²) in [4.78, 5) is 13.4. The van der Waals surface area contributed by atoms with Gasteiger partial charge in [-0.05, 0) is 31.0 Å². The van der Waals surface area contributed by atoms with E-state index in [-0.39, 0.29) is 0 Å². The van der Waals surface area contributed by atoms with Crippen LogP contribution in [0.1, 0.15) is 19.4 Å². The number of carbonyl (C=O) groups is 1. The molecular weight excluding hydrogens is 262 g/mol. The maximum absolute atomic E-state index is 11.3. The number of nitrogens with zero attached hydrogens (tertiary/aromatic N) is 1. The maximum Gasteiger partial charge on any atom is 0.313 e. The lowest BCUT2D eigenvalue weighted by molar-refractivity contribution is -0.142. The minimum absolute atomic E-state index is 0.807. The molecular formula is C18H21NO2. The first-order valence-electron chi connectivity index (χ1n) is 6.94. The van der Waals surface area contributed by atoms with E-state index in [1.54, 1.807) is 13.8 Å². The summed E-state index contributed by atoms with van der Waals surface area (Å²) in [5.74, 6) is -0.816. The standard InChI is InChI=1S/C18H21NO2/c1-18(2,17(20)21)14-11-9-13(10-12-14)15-7-5-6-8-16(15)19(3)4/h5-12H,1-4H3,(H,20,21). The van der Waals surface area contributed by atoms with Gasteiger partial charge in [0.15, 0.2) is 0 Å². The van der Waals surface area contributed by atoms with Gasteiger partial charge in [-0.1, -0.05) is 42.5 Å². The van der Waals surface area contributed by atoms with Crippen molar-refractivity contribution in [3.8, 4) is 11.1 Å². The average Bonchev–Trinajstić information content (AvgIpc) is 2.47. The van der Waals surface area contributed by atoms with Crippen molar-refractivity contribution in [1.82, 2.24) is 0 Å². The molecule has 0 saturated carbocycles. The Morgan fingerprint density at radius 2 is 1.57 bits per heavy atom. The van der Waals surface area contributed by atoms with Gasteiger partial charge in [-0.15, -0.1) is 0 Å². The predicted molar refractivity (Wildman–Crippen MR) is 86.9 cm³/mol. The molecule has 0 amide bonds. The molecule has 3 heteroatoms. The van der Waals surface area contributed by atoms with E-state index < -0.39 is 11.4 Å². The van der Waals surface area contributed by atoms with Gasteiger partial charge in [-0.25, -0.2) is 0 Å². The molecule has 2 rings (SSSR count). The quantitative estimate of drug-likeness (QED) is 0.928. The van der Waals surface area contributed by atoms with Gasteiger partial charge < -0.3 is 10.0 Å². The molecule has 0 aliphatic rings. The Bertz CT molecular complexity index is 643. The lowest BCUT2D eigenvalue weighted by atomic mass is 9.84. The predicted octanol–water partition coefficient (Wildman–Crippen LogP) is 3.78. The Balaban J connectivity index is 2.43. The van der Waals surface area contributed by atoms with Crippen molar-refractivity contribution in [3.05, 3.63) is 54.1 Å². The van der Waals surface area contributed by atoms with Crippen molar-refractivity contribution in [3.63, 3.8) is 0 Å². The first-order chi connectivity index (χ1) is 9.84. The highest BCUT2D eigenvalue weighted by Crippen LogP contribution is 2.31. The van der Waals surface area contributed by atoms with Gasteiger partial charge in [0.05, 0.1) is 5.41 Å². The van der Waals surface area contributed by atoms with Gasteiger partial charge in [0.2, 0.25) is 0 Å². The fraction of sp³-hybridized carbons (Fsp3) is 0.278. The van der Waals surface area contributed by atoms with E-state index in [0.717, 1.165) is 22.4 Å². The SMILES string of the molecule is CN(C)c1ccccc1-c1ccc(C(C)(C)C(=O)O)cc1. The van der Waals surface area contributed by atoms with Crippen LogP contribution in [0, 0.1) is 0 Å². The van der Waals surface area contributed by atoms with Gasteiger partial charge in [0.25, 0.3) is 0 Å². The largest absolute Gasteiger partial charge is 0.481 e. The van der Waals surface area contributed by atoms with Crippen molar-refractivity contribution < 1.29 is 9.90 Å². The molecule has 0 heterocycles. The molecule has 0 aliphatic heterocycles. The lowest BCUT2D eigenvalue weighted by Gasteiger charge is -2.21. The molecule has 0 spiro atoms. The van der Waals surface area contributed by atoms with Crippen molar-refractivity contribution in [2.75, 3.05) is 19.0 Å². The molecule has 0 radical (unpaired) electrons. The highest BCUT2D eigenvalue weighted by molar-refractivity contribution is 5.82. The number of rotatable bonds is 4. The third kappa shape index (κ3) is 2.92. The van der Waals surface area contributed by atoms with Crippen LogP contribution in [0.2, 0.25) is 0 Å². The summed E-state index contributed by atoms with van der Waals surface area (Å²) in [5, 5.41) is 9.29. The van der Waals surface area contributed by atoms with E-state index in [0.29, 0.717) is 0 Å². The summed E-state index contributed by atoms with van der Waals surface area (Å²) >= 11 is 0. The monoisotopic (exact) mass is 283 g/mol. The molecule has 2 aromatic carbocycles. The smallest absolute Gasteiger partial charge is 0.313 e. The molecule has 0 aliphatic carbocycles. The summed E-state index contributed by atoms with van der Waals surface area (Å²) in [6.07, 6.45) is 0. The van der Waals surface area contributed by atoms with Crippen LogP contribution in [0.25, 0.3) is 11.1 Å². The van der Waals surface area contributed by atoms with Crippen LogP contribution in [0.5, 0.6) is 0 Å². The van der Waals surface area contributed by atoms with Crippen LogP contribution < -0.4 is 4.90 Å². The minimum Gasteiger partial charge on any atom is -0.481 e. The number of hydrogen-bond donors (Lipinski definition) is 1. The van der Waals surface area contributed by atoms with Crippen molar-refractivity contribution in [2.45, 2.75) is 19.3 Å². The zero-order valence-corrected chi connectivity index (χ0v) is 12.9. The Kier molecular flexibility index (Phi) is 4.03. The van der Waals surface area contributed by atoms with Gasteiger partial charge in [-0.2, -0.15) is 0 Å². The van der Waals surface area contributed by atoms with Crippen LogP contribution in [-0.4, -0.2) is 25.2 Å². The molecule has 110 valence electrons. The van der Waals surface area contributed by atoms with E-state index >= 15 is 0 Å². The fourth-order valence-electron chi connectivity index (χ4n) is 2.30. The van der Waals surface area contributed by atoms with Crippen molar-refractivity contribution in [1.29, 1.82) is 0 Å². The van der Waals surface area contributed by atoms with E-state index in [4.69, 9.17) is 0 Å². The molecule has 3 nitrogen and oxygen atoms in total. The normalized spacial score (nSPS) is 11.2. The molecule has 0 fully saturated rings. The van der Waals surface area contributed by atoms with E-state index in [1.807, 2.05) is 50.5 Å². The third-order valence-electron chi connectivity index (χ3n) is 3.84. The Hall–Kier alpha value is -2.29. The topological polar surface area (TPSA) is 40.5 Å². The van der Waals surface area contributed by atoms with E-state index in [2.05, 4.69) is 17.0 Å². The molecule has 0 bridgehead atoms. The molecule has 1 N–H and O–H groups in total. The van der Waals surface area contributed by atoms with Crippen LogP contribution in [0.15, 0.2) is 48.5 Å². The second-order valence-electron chi connectivity index (χ2n) is 5.92. The summed E-state index contributed by atoms with van der Waals surface area (Å²) in [7, 11) is 4.03. The van der Waals surface area contributed by atoms with Gasteiger partial charge in [0.1, 0.15) is 0 Å². The average molecular weight is 283 g/mol. The lowest BCUT2D eigenvalue weighted by Crippen LogP contribution is -2.28. The summed E-state index contributed by atoms with van der Waals surface area (Å²) in [6, 6.07) is 16.0. The Morgan fingerprint density at radius 1 is 1.00 bits per heavy atom. The van der Waals surface area contributed by atoms with Crippen molar-refractivity contribution >= 4 is 11.7 Å². The van der Waals surface area contributed by atoms with Crippen LogP contribution in [0.4, 0.5) is 5.69 Å². The van der Waals surface area contributed by atoms with Crippen LogP contribution >= 0.6 is 0 Å². The van der Waals surface area contributed by atoms with Gasteiger partial charge >= 0.3 is 5.97 Å². The number of anilines is 1. The summed E-state index contributed by atoms with van der Waals surface area (Å²) in [6.45, 7) is 3.44. The minimum atomic E-state index is -0.875. The Morgan fingerprint density at radius 3 is 2.10 bits per heavy atom. The molecule has 0 unspecified atom stereocenters. The number of carboxylic acids is 1. The number of hydrogen-bond acceptors (Lipinski definition) is 2. The number of benzene rings is 2. The maximum atomic E-state index is 11.3. The second-order valence-corrected chi connectivity index (χ2v) is 5.92. The number of aliphatic carboxylic acids is 1. The number of carboxylic acid groups (broad SMARTS) is 1. The summed E-state index contributed by atoms with van der Waals surface area (Å²) < 4.78 is 0. The zero-order chi connectivity index (χ0) is 15.6. The van der Waals surface area contributed by atoms with Crippen molar-refractivity contribution in [2.24, 2.45) is 0 Å². The number of para-hydroxylation sites is 1. The molecule has 0 atom stereocenters. The Labute approximate surface area is 125 Å². The van der Waals surface area contributed by atoms with E-state index in [9.17, 15) is 9.90 Å². The molecule has 0 aromatic heterocycles. The third-order valence-corrected chi connectivity index (χ3v) is 3.84. The van der Waals surface area contributed by atoms with E-state index in [1.165, 1.54) is 0 Å². The molecule has 0 saturated heterocycles. The fourth-order valence-corrected chi connectivity index (χ4v) is 2.30. The van der Waals surface area contributed by atoms with Gasteiger partial charge in [-0.3, -0.25) is 4.79 Å². The second kappa shape index (κ2) is 5.60.